The van der Waals surface area contributed by atoms with E-state index in [4.69, 9.17) is 14.2 Å². The van der Waals surface area contributed by atoms with Crippen molar-refractivity contribution in [3.63, 3.8) is 0 Å². The molecule has 1 N–H and O–H groups in total. The van der Waals surface area contributed by atoms with Crippen LogP contribution < -0.4 is 4.74 Å². The largest absolute Gasteiger partial charge is 0.478 e. The molecule has 2 saturated heterocycles. The number of benzene rings is 1. The number of hydrogen-bond donors (Lipinski definition) is 1. The topological polar surface area (TPSA) is 94.0 Å². The molecule has 2 aliphatic rings. The highest BCUT2D eigenvalue weighted by Gasteiger charge is 2.30. The number of nitrogens with one attached hydrogen (secondary N) is 1. The summed E-state index contributed by atoms with van der Waals surface area (Å²) in [6.45, 7) is 10.4. The number of hydrogen-bond acceptors (Lipinski definition) is 7. The van der Waals surface area contributed by atoms with E-state index in [-0.39, 0.29) is 6.61 Å². The van der Waals surface area contributed by atoms with Gasteiger partial charge in [-0.15, -0.1) is 0 Å². The average molecular weight is 518 g/mol. The molecule has 0 unspecified atom stereocenters. The Morgan fingerprint density at radius 3 is 2.74 bits per heavy atom. The molecule has 0 bridgehead atoms. The molecule has 9 heteroatoms. The Morgan fingerprint density at radius 2 is 2.03 bits per heavy atom. The van der Waals surface area contributed by atoms with E-state index in [1.807, 2.05) is 12.3 Å². The molecule has 0 spiro atoms. The van der Waals surface area contributed by atoms with Crippen LogP contribution in [0.5, 0.6) is 5.75 Å². The van der Waals surface area contributed by atoms with Gasteiger partial charge in [0.05, 0.1) is 31.6 Å². The first-order chi connectivity index (χ1) is 18.5. The van der Waals surface area contributed by atoms with Crippen LogP contribution in [0.4, 0.5) is 0 Å². The van der Waals surface area contributed by atoms with Crippen LogP contribution in [0, 0.1) is 0 Å². The van der Waals surface area contributed by atoms with Crippen molar-refractivity contribution in [3.05, 3.63) is 47.9 Å². The van der Waals surface area contributed by atoms with E-state index in [2.05, 4.69) is 52.0 Å². The van der Waals surface area contributed by atoms with Gasteiger partial charge in [-0.1, -0.05) is 19.9 Å². The molecule has 1 aromatic carbocycles. The summed E-state index contributed by atoms with van der Waals surface area (Å²) in [7, 11) is 0. The third-order valence-electron chi connectivity index (χ3n) is 7.86. The molecule has 200 valence electrons. The summed E-state index contributed by atoms with van der Waals surface area (Å²) in [5.41, 5.74) is 6.32. The van der Waals surface area contributed by atoms with Crippen LogP contribution in [-0.4, -0.2) is 76.0 Å². The molecule has 0 radical (unpaired) electrons. The Kier molecular flexibility index (Phi) is 6.80. The number of carbonyl (C=O) groups is 1. The first-order valence-electron chi connectivity index (χ1n) is 13.6. The highest BCUT2D eigenvalue weighted by molar-refractivity contribution is 5.92. The van der Waals surface area contributed by atoms with E-state index in [1.54, 1.807) is 11.4 Å². The highest BCUT2D eigenvalue weighted by atomic mass is 16.6. The Labute approximate surface area is 222 Å². The predicted octanol–water partition coefficient (Wildman–Crippen LogP) is 4.52. The average Bonchev–Trinajstić information content (AvgIpc) is 3.51. The number of aromatic amines is 1. The minimum Gasteiger partial charge on any atom is -0.478 e. The lowest BCUT2D eigenvalue weighted by Gasteiger charge is -2.41. The first kappa shape index (κ1) is 24.9. The normalized spacial score (nSPS) is 17.4. The molecule has 2 aliphatic heterocycles. The molecule has 2 fully saturated rings. The number of rotatable bonds is 8. The number of esters is 1. The fraction of sp³-hybridized carbons (Fsp3) is 0.483. The lowest BCUT2D eigenvalue weighted by Crippen LogP contribution is -2.51. The number of ether oxygens (including phenoxy) is 3. The van der Waals surface area contributed by atoms with Gasteiger partial charge in [-0.25, -0.2) is 14.3 Å². The van der Waals surface area contributed by atoms with Gasteiger partial charge in [-0.3, -0.25) is 4.90 Å². The third kappa shape index (κ3) is 4.65. The van der Waals surface area contributed by atoms with Crippen molar-refractivity contribution in [1.82, 2.24) is 24.5 Å². The molecular weight excluding hydrogens is 482 g/mol. The minimum absolute atomic E-state index is 0.181. The number of carbonyl (C=O) groups excluding carboxylic acids is 1. The van der Waals surface area contributed by atoms with Crippen LogP contribution in [0.2, 0.25) is 0 Å². The zero-order valence-corrected chi connectivity index (χ0v) is 22.3. The molecule has 5 heterocycles. The van der Waals surface area contributed by atoms with Gasteiger partial charge in [0.1, 0.15) is 6.33 Å². The Balaban J connectivity index is 1.33. The number of fused-ring (bicyclic) bond motifs is 2. The second-order valence-corrected chi connectivity index (χ2v) is 10.6. The van der Waals surface area contributed by atoms with Crippen molar-refractivity contribution < 1.29 is 19.0 Å². The Hall–Kier alpha value is -3.43. The molecule has 0 saturated carbocycles. The highest BCUT2D eigenvalue weighted by Crippen LogP contribution is 2.39. The number of H-pyrrole nitrogens is 1. The maximum Gasteiger partial charge on any atom is 0.344 e. The van der Waals surface area contributed by atoms with E-state index in [9.17, 15) is 4.79 Å². The lowest BCUT2D eigenvalue weighted by atomic mass is 9.87. The predicted molar refractivity (Wildman–Crippen MR) is 145 cm³/mol. The van der Waals surface area contributed by atoms with Crippen molar-refractivity contribution in [1.29, 1.82) is 0 Å². The van der Waals surface area contributed by atoms with Crippen LogP contribution in [0.3, 0.4) is 0 Å². The number of pyridine rings is 1. The first-order valence-corrected chi connectivity index (χ1v) is 13.6. The van der Waals surface area contributed by atoms with E-state index >= 15 is 0 Å². The molecule has 0 atom stereocenters. The molecule has 4 aromatic rings. The van der Waals surface area contributed by atoms with Crippen LogP contribution in [0.15, 0.2) is 36.8 Å². The van der Waals surface area contributed by atoms with Gasteiger partial charge in [-0.2, -0.15) is 5.10 Å². The Bertz CT molecular complexity index is 1450. The molecule has 0 aliphatic carbocycles. The van der Waals surface area contributed by atoms with Crippen molar-refractivity contribution in [2.24, 2.45) is 0 Å². The van der Waals surface area contributed by atoms with Gasteiger partial charge in [0.2, 0.25) is 0 Å². The number of likely N-dealkylation sites (tertiary alicyclic amines) is 1. The van der Waals surface area contributed by atoms with Gasteiger partial charge in [0.15, 0.2) is 18.0 Å². The fourth-order valence-electron chi connectivity index (χ4n) is 5.82. The van der Waals surface area contributed by atoms with Gasteiger partial charge < -0.3 is 19.2 Å². The molecule has 9 nitrogen and oxygen atoms in total. The zero-order chi connectivity index (χ0) is 26.2. The number of nitrogens with zero attached hydrogens (tertiary/aromatic N) is 4. The lowest BCUT2D eigenvalue weighted by molar-refractivity contribution is -0.145. The molecule has 3 aromatic heterocycles. The van der Waals surface area contributed by atoms with Crippen LogP contribution >= 0.6 is 0 Å². The van der Waals surface area contributed by atoms with Gasteiger partial charge >= 0.3 is 5.97 Å². The van der Waals surface area contributed by atoms with E-state index in [0.717, 1.165) is 43.1 Å². The molecular formula is C29H35N5O4. The number of piperidine rings is 1. The SMILES string of the molecule is CCOC(=O)COc1cc(-c2[nH]c3ccc(C4CCN(C5COC5)CC4)cc3c2C(C)C)cn2ncnc12. The summed E-state index contributed by atoms with van der Waals surface area (Å²) in [5.74, 6) is 0.948. The van der Waals surface area contributed by atoms with Crippen molar-refractivity contribution in [2.45, 2.75) is 51.5 Å². The van der Waals surface area contributed by atoms with E-state index in [1.165, 1.54) is 35.7 Å². The van der Waals surface area contributed by atoms with E-state index < -0.39 is 5.97 Å². The Morgan fingerprint density at radius 1 is 1.21 bits per heavy atom. The van der Waals surface area contributed by atoms with Crippen molar-refractivity contribution in [3.8, 4) is 17.0 Å². The zero-order valence-electron chi connectivity index (χ0n) is 22.3. The van der Waals surface area contributed by atoms with Crippen molar-refractivity contribution in [2.75, 3.05) is 39.5 Å². The monoisotopic (exact) mass is 517 g/mol. The molecule has 38 heavy (non-hydrogen) atoms. The summed E-state index contributed by atoms with van der Waals surface area (Å²) in [6.07, 6.45) is 5.80. The van der Waals surface area contributed by atoms with Crippen molar-refractivity contribution >= 4 is 22.5 Å². The molecule has 6 rings (SSSR count). The van der Waals surface area contributed by atoms with Crippen LogP contribution in [0.25, 0.3) is 27.8 Å². The standard InChI is InChI=1S/C29H35N5O4/c1-4-37-26(35)16-38-25-12-21(13-34-29(25)30-17-31-34)28-27(18(2)3)23-11-20(5-6-24(23)32-28)19-7-9-33(10-8-19)22-14-36-15-22/h5-6,11-13,17-19,22,32H,4,7-10,14-16H2,1-3H3. The van der Waals surface area contributed by atoms with Crippen LogP contribution in [0.1, 0.15) is 56.6 Å². The third-order valence-corrected chi connectivity index (χ3v) is 7.86. The second-order valence-electron chi connectivity index (χ2n) is 10.6. The maximum absolute atomic E-state index is 11.9. The van der Waals surface area contributed by atoms with Crippen LogP contribution in [-0.2, 0) is 14.3 Å². The number of aromatic nitrogens is 4. The van der Waals surface area contributed by atoms with E-state index in [0.29, 0.717) is 35.9 Å². The summed E-state index contributed by atoms with van der Waals surface area (Å²) in [5, 5.41) is 5.60. The van der Waals surface area contributed by atoms with Gasteiger partial charge in [-0.05, 0) is 74.0 Å². The summed E-state index contributed by atoms with van der Waals surface area (Å²) < 4.78 is 18.0. The summed E-state index contributed by atoms with van der Waals surface area (Å²) >= 11 is 0. The maximum atomic E-state index is 11.9. The second kappa shape index (κ2) is 10.4. The quantitative estimate of drug-likeness (QED) is 0.344. The molecule has 0 amide bonds. The van der Waals surface area contributed by atoms with Gasteiger partial charge in [0.25, 0.3) is 0 Å². The summed E-state index contributed by atoms with van der Waals surface area (Å²) in [4.78, 5) is 22.5. The smallest absolute Gasteiger partial charge is 0.344 e. The summed E-state index contributed by atoms with van der Waals surface area (Å²) in [6, 6.07) is 9.45. The fourth-order valence-corrected chi connectivity index (χ4v) is 5.82. The minimum atomic E-state index is -0.413. The van der Waals surface area contributed by atoms with Gasteiger partial charge in [0, 0.05) is 22.7 Å².